The van der Waals surface area contributed by atoms with Gasteiger partial charge in [-0.1, -0.05) is 29.8 Å². The van der Waals surface area contributed by atoms with Crippen molar-refractivity contribution in [3.05, 3.63) is 35.4 Å². The van der Waals surface area contributed by atoms with Crippen LogP contribution in [0, 0.1) is 6.92 Å². The Hall–Kier alpha value is -2.41. The molecule has 0 spiro atoms. The van der Waals surface area contributed by atoms with E-state index in [0.717, 1.165) is 11.1 Å². The number of ether oxygens (including phenoxy) is 1. The number of carboxylic acid groups (broad SMARTS) is 1. The number of carbonyl (C=O) groups excluding carboxylic acids is 2. The second kappa shape index (κ2) is 9.67. The van der Waals surface area contributed by atoms with E-state index in [-0.39, 0.29) is 31.4 Å². The summed E-state index contributed by atoms with van der Waals surface area (Å²) in [7, 11) is 1.48. The number of hydrogen-bond donors (Lipinski definition) is 2. The number of benzene rings is 1. The van der Waals surface area contributed by atoms with E-state index >= 15 is 0 Å². The van der Waals surface area contributed by atoms with Gasteiger partial charge in [0.05, 0.1) is 19.1 Å². The predicted molar refractivity (Wildman–Crippen MR) is 88.4 cm³/mol. The molecule has 2 amide bonds. The molecule has 2 N–H and O–H groups in total. The standard InChI is InChI=1S/C17H24N2O5/c1-12-4-6-14(7-5-12)15(18-13(2)20)10-16(21)19(8-9-24-3)11-17(22)23/h4-7,15H,8-11H2,1-3H3,(H,18,20)(H,22,23). The van der Waals surface area contributed by atoms with Gasteiger partial charge >= 0.3 is 5.97 Å². The Bertz CT molecular complexity index is 571. The van der Waals surface area contributed by atoms with E-state index in [9.17, 15) is 14.4 Å². The minimum atomic E-state index is -1.09. The highest BCUT2D eigenvalue weighted by atomic mass is 16.5. The maximum Gasteiger partial charge on any atom is 0.323 e. The Kier molecular flexibility index (Phi) is 7.91. The number of nitrogens with zero attached hydrogens (tertiary/aromatic N) is 1. The van der Waals surface area contributed by atoms with Crippen molar-refractivity contribution >= 4 is 17.8 Å². The molecule has 1 unspecified atom stereocenters. The highest BCUT2D eigenvalue weighted by Crippen LogP contribution is 2.19. The highest BCUT2D eigenvalue weighted by Gasteiger charge is 2.22. The second-order valence-corrected chi connectivity index (χ2v) is 5.57. The van der Waals surface area contributed by atoms with Gasteiger partial charge in [0.25, 0.3) is 0 Å². The molecule has 0 aliphatic heterocycles. The summed E-state index contributed by atoms with van der Waals surface area (Å²) in [5.41, 5.74) is 1.87. The zero-order chi connectivity index (χ0) is 18.1. The van der Waals surface area contributed by atoms with E-state index in [1.807, 2.05) is 31.2 Å². The summed E-state index contributed by atoms with van der Waals surface area (Å²) in [5, 5.41) is 11.7. The maximum atomic E-state index is 12.5. The third-order valence-corrected chi connectivity index (χ3v) is 3.48. The van der Waals surface area contributed by atoms with Crippen LogP contribution in [0.25, 0.3) is 0 Å². The molecule has 1 rings (SSSR count). The molecule has 0 radical (unpaired) electrons. The van der Waals surface area contributed by atoms with Crippen LogP contribution in [-0.2, 0) is 19.1 Å². The van der Waals surface area contributed by atoms with Crippen molar-refractivity contribution < 1.29 is 24.2 Å². The Balaban J connectivity index is 2.89. The van der Waals surface area contributed by atoms with Gasteiger partial charge in [-0.2, -0.15) is 0 Å². The SMILES string of the molecule is COCCN(CC(=O)O)C(=O)CC(NC(C)=O)c1ccc(C)cc1. The average molecular weight is 336 g/mol. The van der Waals surface area contributed by atoms with Gasteiger partial charge < -0.3 is 20.1 Å². The van der Waals surface area contributed by atoms with Gasteiger partial charge in [0.1, 0.15) is 6.54 Å². The van der Waals surface area contributed by atoms with Crippen LogP contribution in [0.15, 0.2) is 24.3 Å². The van der Waals surface area contributed by atoms with Crippen LogP contribution in [0.1, 0.15) is 30.5 Å². The number of hydrogen-bond acceptors (Lipinski definition) is 4. The quantitative estimate of drug-likeness (QED) is 0.704. The van der Waals surface area contributed by atoms with Gasteiger partial charge in [-0.25, -0.2) is 0 Å². The zero-order valence-corrected chi connectivity index (χ0v) is 14.2. The van der Waals surface area contributed by atoms with Crippen LogP contribution in [0.2, 0.25) is 0 Å². The summed E-state index contributed by atoms with van der Waals surface area (Å²) < 4.78 is 4.91. The summed E-state index contributed by atoms with van der Waals surface area (Å²) in [5.74, 6) is -1.70. The molecule has 0 saturated carbocycles. The topological polar surface area (TPSA) is 95.9 Å². The lowest BCUT2D eigenvalue weighted by Crippen LogP contribution is -2.40. The third kappa shape index (κ3) is 6.78. The van der Waals surface area contributed by atoms with Crippen molar-refractivity contribution in [3.8, 4) is 0 Å². The highest BCUT2D eigenvalue weighted by molar-refractivity contribution is 5.82. The number of methoxy groups -OCH3 is 1. The van der Waals surface area contributed by atoms with Crippen LogP contribution in [0.3, 0.4) is 0 Å². The molecule has 0 heterocycles. The van der Waals surface area contributed by atoms with Gasteiger partial charge in [0.2, 0.25) is 11.8 Å². The molecule has 132 valence electrons. The van der Waals surface area contributed by atoms with Crippen LogP contribution < -0.4 is 5.32 Å². The summed E-state index contributed by atoms with van der Waals surface area (Å²) in [6.45, 7) is 3.35. The zero-order valence-electron chi connectivity index (χ0n) is 14.2. The Morgan fingerprint density at radius 2 is 1.88 bits per heavy atom. The van der Waals surface area contributed by atoms with Crippen molar-refractivity contribution in [2.45, 2.75) is 26.3 Å². The first-order valence-corrected chi connectivity index (χ1v) is 7.65. The van der Waals surface area contributed by atoms with Crippen molar-refractivity contribution in [2.75, 3.05) is 26.8 Å². The fourth-order valence-corrected chi connectivity index (χ4v) is 2.26. The lowest BCUT2D eigenvalue weighted by molar-refractivity contribution is -0.145. The number of aryl methyl sites for hydroxylation is 1. The normalized spacial score (nSPS) is 11.6. The van der Waals surface area contributed by atoms with Gasteiger partial charge in [-0.3, -0.25) is 14.4 Å². The first-order chi connectivity index (χ1) is 11.3. The van der Waals surface area contributed by atoms with Crippen LogP contribution in [0.5, 0.6) is 0 Å². The first-order valence-electron chi connectivity index (χ1n) is 7.65. The number of aliphatic carboxylic acids is 1. The van der Waals surface area contributed by atoms with E-state index in [0.29, 0.717) is 0 Å². The first kappa shape index (κ1) is 19.6. The predicted octanol–water partition coefficient (Wildman–Crippen LogP) is 1.12. The van der Waals surface area contributed by atoms with E-state index in [4.69, 9.17) is 9.84 Å². The minimum Gasteiger partial charge on any atom is -0.480 e. The summed E-state index contributed by atoms with van der Waals surface area (Å²) in [6, 6.07) is 6.98. The van der Waals surface area contributed by atoms with Gasteiger partial charge in [0.15, 0.2) is 0 Å². The molecule has 0 bridgehead atoms. The molecular weight excluding hydrogens is 312 g/mol. The molecule has 1 atom stereocenters. The molecule has 0 saturated heterocycles. The van der Waals surface area contributed by atoms with Gasteiger partial charge in [-0.05, 0) is 12.5 Å². The van der Waals surface area contributed by atoms with Gasteiger partial charge in [0, 0.05) is 20.6 Å². The molecule has 24 heavy (non-hydrogen) atoms. The number of carbonyl (C=O) groups is 3. The Morgan fingerprint density at radius 1 is 1.25 bits per heavy atom. The van der Waals surface area contributed by atoms with Crippen LogP contribution in [-0.4, -0.2) is 54.6 Å². The monoisotopic (exact) mass is 336 g/mol. The number of rotatable bonds is 9. The number of nitrogens with one attached hydrogen (secondary N) is 1. The summed E-state index contributed by atoms with van der Waals surface area (Å²) in [4.78, 5) is 36.1. The van der Waals surface area contributed by atoms with Crippen LogP contribution >= 0.6 is 0 Å². The summed E-state index contributed by atoms with van der Waals surface area (Å²) >= 11 is 0. The third-order valence-electron chi connectivity index (χ3n) is 3.48. The van der Waals surface area contributed by atoms with Gasteiger partial charge in [-0.15, -0.1) is 0 Å². The minimum absolute atomic E-state index is 0.0143. The van der Waals surface area contributed by atoms with E-state index in [2.05, 4.69) is 5.32 Å². The molecule has 0 aromatic heterocycles. The van der Waals surface area contributed by atoms with Crippen molar-refractivity contribution in [2.24, 2.45) is 0 Å². The average Bonchev–Trinajstić information content (AvgIpc) is 2.50. The van der Waals surface area contributed by atoms with Crippen molar-refractivity contribution in [1.29, 1.82) is 0 Å². The Morgan fingerprint density at radius 3 is 2.38 bits per heavy atom. The van der Waals surface area contributed by atoms with E-state index < -0.39 is 18.6 Å². The smallest absolute Gasteiger partial charge is 0.323 e. The summed E-state index contributed by atoms with van der Waals surface area (Å²) in [6.07, 6.45) is -0.0143. The number of carboxylic acids is 1. The lowest BCUT2D eigenvalue weighted by atomic mass is 10.0. The van der Waals surface area contributed by atoms with Crippen molar-refractivity contribution in [1.82, 2.24) is 10.2 Å². The van der Waals surface area contributed by atoms with E-state index in [1.165, 1.54) is 18.9 Å². The second-order valence-electron chi connectivity index (χ2n) is 5.57. The molecule has 0 fully saturated rings. The lowest BCUT2D eigenvalue weighted by Gasteiger charge is -2.24. The van der Waals surface area contributed by atoms with Crippen LogP contribution in [0.4, 0.5) is 0 Å². The molecule has 0 aliphatic carbocycles. The fourth-order valence-electron chi connectivity index (χ4n) is 2.26. The molecule has 1 aromatic carbocycles. The fraction of sp³-hybridized carbons (Fsp3) is 0.471. The molecule has 1 aromatic rings. The van der Waals surface area contributed by atoms with E-state index in [1.54, 1.807) is 0 Å². The molecule has 0 aliphatic rings. The Labute approximate surface area is 141 Å². The molecule has 7 nitrogen and oxygen atoms in total. The van der Waals surface area contributed by atoms with Crippen molar-refractivity contribution in [3.63, 3.8) is 0 Å². The molecule has 7 heteroatoms. The largest absolute Gasteiger partial charge is 0.480 e. The maximum absolute atomic E-state index is 12.5. The molecular formula is C17H24N2O5. The number of amides is 2.